The summed E-state index contributed by atoms with van der Waals surface area (Å²) in [4.78, 5) is 1.16. The summed E-state index contributed by atoms with van der Waals surface area (Å²) in [6.45, 7) is 4.41. The topological polar surface area (TPSA) is 58.6 Å². The average Bonchev–Trinajstić information content (AvgIpc) is 2.40. The van der Waals surface area contributed by atoms with Crippen molar-refractivity contribution in [2.24, 2.45) is 16.8 Å². The summed E-state index contributed by atoms with van der Waals surface area (Å²) in [7, 11) is 0. The van der Waals surface area contributed by atoms with E-state index in [1.807, 2.05) is 23.9 Å². The molecule has 2 unspecified atom stereocenters. The van der Waals surface area contributed by atoms with Gasteiger partial charge >= 0.3 is 0 Å². The van der Waals surface area contributed by atoms with Crippen molar-refractivity contribution < 1.29 is 5.21 Å². The number of amidine groups is 1. The van der Waals surface area contributed by atoms with E-state index in [1.165, 1.54) is 31.2 Å². The highest BCUT2D eigenvalue weighted by atomic mass is 32.2. The lowest BCUT2D eigenvalue weighted by molar-refractivity contribution is 0.318. The number of nitrogens with zero attached hydrogens (tertiary/aromatic N) is 1. The molecule has 1 aliphatic carbocycles. The molecule has 19 heavy (non-hydrogen) atoms. The second-order valence-corrected chi connectivity index (χ2v) is 6.76. The lowest BCUT2D eigenvalue weighted by atomic mass is 9.91. The van der Waals surface area contributed by atoms with Gasteiger partial charge in [0.2, 0.25) is 0 Å². The van der Waals surface area contributed by atoms with Gasteiger partial charge in [0.05, 0.1) is 0 Å². The third kappa shape index (κ3) is 3.44. The van der Waals surface area contributed by atoms with Crippen molar-refractivity contribution in [3.05, 3.63) is 29.3 Å². The smallest absolute Gasteiger partial charge is 0.171 e. The second kappa shape index (κ2) is 6.33. The molecular formula is C15H22N2OS. The van der Waals surface area contributed by atoms with Crippen LogP contribution in [0.2, 0.25) is 0 Å². The van der Waals surface area contributed by atoms with Gasteiger partial charge in [-0.1, -0.05) is 43.1 Å². The molecule has 1 saturated carbocycles. The number of thioether (sulfide) groups is 1. The van der Waals surface area contributed by atoms with Crippen molar-refractivity contribution in [2.75, 3.05) is 0 Å². The first kappa shape index (κ1) is 14.3. The molecule has 1 fully saturated rings. The number of oxime groups is 1. The minimum absolute atomic E-state index is 0.204. The van der Waals surface area contributed by atoms with Gasteiger partial charge in [0, 0.05) is 15.7 Å². The quantitative estimate of drug-likeness (QED) is 0.383. The lowest BCUT2D eigenvalue weighted by Crippen LogP contribution is -2.18. The average molecular weight is 278 g/mol. The number of nitrogens with two attached hydrogens (primary N) is 1. The van der Waals surface area contributed by atoms with E-state index in [2.05, 4.69) is 25.1 Å². The van der Waals surface area contributed by atoms with Gasteiger partial charge in [-0.3, -0.25) is 0 Å². The third-order valence-electron chi connectivity index (χ3n) is 3.77. The van der Waals surface area contributed by atoms with Crippen molar-refractivity contribution in [1.29, 1.82) is 0 Å². The molecule has 0 saturated heterocycles. The first-order chi connectivity index (χ1) is 9.11. The monoisotopic (exact) mass is 278 g/mol. The normalized spacial score (nSPS) is 24.4. The van der Waals surface area contributed by atoms with Crippen molar-refractivity contribution in [1.82, 2.24) is 0 Å². The Hall–Kier alpha value is -1.16. The third-order valence-corrected chi connectivity index (χ3v) is 5.31. The van der Waals surface area contributed by atoms with Crippen LogP contribution in [0, 0.1) is 12.8 Å². The Morgan fingerprint density at radius 3 is 2.89 bits per heavy atom. The van der Waals surface area contributed by atoms with Crippen molar-refractivity contribution >= 4 is 17.6 Å². The molecule has 1 aromatic rings. The van der Waals surface area contributed by atoms with E-state index in [9.17, 15) is 0 Å². The number of hydrogen-bond donors (Lipinski definition) is 2. The highest BCUT2D eigenvalue weighted by Gasteiger charge is 2.22. The maximum absolute atomic E-state index is 8.91. The Labute approximate surface area is 119 Å². The van der Waals surface area contributed by atoms with Crippen molar-refractivity contribution in [3.8, 4) is 0 Å². The molecule has 2 rings (SSSR count). The predicted octanol–water partition coefficient (Wildman–Crippen LogP) is 3.76. The summed E-state index contributed by atoms with van der Waals surface area (Å²) in [6.07, 6.45) is 5.18. The number of aryl methyl sites for hydroxylation is 1. The first-order valence-corrected chi connectivity index (χ1v) is 7.74. The Morgan fingerprint density at radius 2 is 2.21 bits per heavy atom. The molecule has 3 nitrogen and oxygen atoms in total. The van der Waals surface area contributed by atoms with Crippen LogP contribution < -0.4 is 5.73 Å². The highest BCUT2D eigenvalue weighted by molar-refractivity contribution is 8.00. The summed E-state index contributed by atoms with van der Waals surface area (Å²) < 4.78 is 0. The van der Waals surface area contributed by atoms with Crippen molar-refractivity contribution in [2.45, 2.75) is 49.7 Å². The zero-order valence-electron chi connectivity index (χ0n) is 11.6. The molecule has 0 spiro atoms. The van der Waals surface area contributed by atoms with Gasteiger partial charge in [-0.05, 0) is 31.2 Å². The maximum atomic E-state index is 8.91. The minimum atomic E-state index is 0.204. The Balaban J connectivity index is 2.23. The van der Waals surface area contributed by atoms with E-state index in [0.29, 0.717) is 5.25 Å². The molecule has 0 aromatic heterocycles. The highest BCUT2D eigenvalue weighted by Crippen LogP contribution is 2.38. The van der Waals surface area contributed by atoms with E-state index in [0.717, 1.165) is 16.4 Å². The predicted molar refractivity (Wildman–Crippen MR) is 81.0 cm³/mol. The van der Waals surface area contributed by atoms with Crippen LogP contribution in [0.1, 0.15) is 43.7 Å². The fraction of sp³-hybridized carbons (Fsp3) is 0.533. The van der Waals surface area contributed by atoms with Gasteiger partial charge in [-0.2, -0.15) is 0 Å². The summed E-state index contributed by atoms with van der Waals surface area (Å²) in [5.41, 5.74) is 7.84. The van der Waals surface area contributed by atoms with Crippen LogP contribution in [0.15, 0.2) is 28.3 Å². The SMILES string of the molecule is Cc1cccc(/C(N)=N/O)c1SC1CCCC(C)C1. The summed E-state index contributed by atoms with van der Waals surface area (Å²) >= 11 is 1.89. The molecule has 3 N–H and O–H groups in total. The number of rotatable bonds is 3. The van der Waals surface area contributed by atoms with Gasteiger partial charge in [0.1, 0.15) is 0 Å². The zero-order valence-corrected chi connectivity index (χ0v) is 12.4. The Morgan fingerprint density at radius 1 is 1.42 bits per heavy atom. The van der Waals surface area contributed by atoms with Crippen LogP contribution in [0.5, 0.6) is 0 Å². The second-order valence-electron chi connectivity index (χ2n) is 5.45. The van der Waals surface area contributed by atoms with Gasteiger partial charge in [0.15, 0.2) is 5.84 Å². The van der Waals surface area contributed by atoms with E-state index >= 15 is 0 Å². The molecule has 4 heteroatoms. The molecule has 0 amide bonds. The fourth-order valence-corrected chi connectivity index (χ4v) is 4.31. The summed E-state index contributed by atoms with van der Waals surface area (Å²) in [5.74, 6) is 1.01. The van der Waals surface area contributed by atoms with Gasteiger partial charge < -0.3 is 10.9 Å². The molecule has 104 valence electrons. The van der Waals surface area contributed by atoms with Gasteiger partial charge in [0.25, 0.3) is 0 Å². The lowest BCUT2D eigenvalue weighted by Gasteiger charge is -2.27. The van der Waals surface area contributed by atoms with Crippen LogP contribution >= 0.6 is 11.8 Å². The van der Waals surface area contributed by atoms with E-state index in [-0.39, 0.29) is 5.84 Å². The minimum Gasteiger partial charge on any atom is -0.409 e. The largest absolute Gasteiger partial charge is 0.409 e. The number of hydrogen-bond acceptors (Lipinski definition) is 3. The molecular weight excluding hydrogens is 256 g/mol. The van der Waals surface area contributed by atoms with Crippen LogP contribution in [0.3, 0.4) is 0 Å². The van der Waals surface area contributed by atoms with Crippen LogP contribution in [-0.2, 0) is 0 Å². The van der Waals surface area contributed by atoms with Crippen LogP contribution in [0.4, 0.5) is 0 Å². The zero-order chi connectivity index (χ0) is 13.8. The van der Waals surface area contributed by atoms with E-state index < -0.39 is 0 Å². The molecule has 2 atom stereocenters. The molecule has 0 bridgehead atoms. The van der Waals surface area contributed by atoms with Crippen LogP contribution in [0.25, 0.3) is 0 Å². The Kier molecular flexibility index (Phi) is 4.75. The summed E-state index contributed by atoms with van der Waals surface area (Å²) in [6, 6.07) is 5.97. The van der Waals surface area contributed by atoms with E-state index in [1.54, 1.807) is 0 Å². The molecule has 0 radical (unpaired) electrons. The number of benzene rings is 1. The maximum Gasteiger partial charge on any atom is 0.171 e. The van der Waals surface area contributed by atoms with Gasteiger partial charge in [-0.25, -0.2) is 0 Å². The molecule has 1 aliphatic rings. The molecule has 0 heterocycles. The molecule has 0 aliphatic heterocycles. The Bertz CT molecular complexity index is 473. The standard InChI is InChI=1S/C15H22N2OS/c1-10-5-3-7-12(9-10)19-14-11(2)6-4-8-13(14)15(16)17-18/h4,6,8,10,12,18H,3,5,7,9H2,1-2H3,(H2,16,17). The van der Waals surface area contributed by atoms with E-state index in [4.69, 9.17) is 10.9 Å². The summed E-state index contributed by atoms with van der Waals surface area (Å²) in [5, 5.41) is 12.7. The van der Waals surface area contributed by atoms with Crippen molar-refractivity contribution in [3.63, 3.8) is 0 Å². The fourth-order valence-electron chi connectivity index (χ4n) is 2.72. The van der Waals surface area contributed by atoms with Crippen LogP contribution in [-0.4, -0.2) is 16.3 Å². The molecule has 1 aromatic carbocycles. The van der Waals surface area contributed by atoms with Gasteiger partial charge in [-0.15, -0.1) is 11.8 Å². The first-order valence-electron chi connectivity index (χ1n) is 6.86.